The van der Waals surface area contributed by atoms with Crippen LogP contribution in [0.25, 0.3) is 0 Å². The maximum Gasteiger partial charge on any atom is 0.318 e. The molecule has 1 aliphatic carbocycles. The van der Waals surface area contributed by atoms with Crippen LogP contribution in [0.5, 0.6) is 0 Å². The molecule has 2 aliphatic heterocycles. The van der Waals surface area contributed by atoms with Crippen LogP contribution >= 0.6 is 0 Å². The molecule has 4 rings (SSSR count). The second kappa shape index (κ2) is 7.74. The molecule has 146 valence electrons. The zero-order valence-corrected chi connectivity index (χ0v) is 15.5. The minimum atomic E-state index is -0.299. The third kappa shape index (κ3) is 3.73. The lowest BCUT2D eigenvalue weighted by atomic mass is 9.87. The van der Waals surface area contributed by atoms with Gasteiger partial charge < -0.3 is 20.4 Å². The molecule has 0 radical (unpaired) electrons. The molecular formula is C20H27FN4O2. The number of fused-ring (bicyclic) bond motifs is 1. The SMILES string of the molecule is O=C1CN(C(=O)NCc2c(F)cccc2N2CCCC2)C2CCCCC2N1. The first-order chi connectivity index (χ1) is 13.1. The van der Waals surface area contributed by atoms with Gasteiger partial charge >= 0.3 is 6.03 Å². The van der Waals surface area contributed by atoms with Crippen LogP contribution in [0.1, 0.15) is 44.1 Å². The van der Waals surface area contributed by atoms with Gasteiger partial charge in [0.1, 0.15) is 12.4 Å². The zero-order valence-electron chi connectivity index (χ0n) is 15.5. The summed E-state index contributed by atoms with van der Waals surface area (Å²) in [7, 11) is 0. The number of halogens is 1. The van der Waals surface area contributed by atoms with E-state index in [2.05, 4.69) is 15.5 Å². The number of nitrogens with one attached hydrogen (secondary N) is 2. The molecule has 1 aromatic carbocycles. The van der Waals surface area contributed by atoms with Gasteiger partial charge in [0, 0.05) is 36.9 Å². The summed E-state index contributed by atoms with van der Waals surface area (Å²) < 4.78 is 14.5. The number of anilines is 1. The number of benzene rings is 1. The first kappa shape index (κ1) is 18.1. The van der Waals surface area contributed by atoms with Crippen molar-refractivity contribution in [3.05, 3.63) is 29.6 Å². The molecule has 0 aromatic heterocycles. The van der Waals surface area contributed by atoms with E-state index in [9.17, 15) is 14.0 Å². The Morgan fingerprint density at radius 2 is 1.96 bits per heavy atom. The summed E-state index contributed by atoms with van der Waals surface area (Å²) in [5.74, 6) is -0.413. The van der Waals surface area contributed by atoms with E-state index >= 15 is 0 Å². The minimum Gasteiger partial charge on any atom is -0.371 e. The van der Waals surface area contributed by atoms with E-state index in [0.29, 0.717) is 5.56 Å². The summed E-state index contributed by atoms with van der Waals surface area (Å²) in [5.41, 5.74) is 1.38. The van der Waals surface area contributed by atoms with Crippen LogP contribution in [0.2, 0.25) is 0 Å². The molecule has 7 heteroatoms. The van der Waals surface area contributed by atoms with Crippen molar-refractivity contribution in [1.82, 2.24) is 15.5 Å². The second-order valence-corrected chi connectivity index (χ2v) is 7.74. The zero-order chi connectivity index (χ0) is 18.8. The van der Waals surface area contributed by atoms with E-state index in [-0.39, 0.29) is 42.9 Å². The molecule has 6 nitrogen and oxygen atoms in total. The monoisotopic (exact) mass is 374 g/mol. The van der Waals surface area contributed by atoms with Gasteiger partial charge in [-0.3, -0.25) is 4.79 Å². The van der Waals surface area contributed by atoms with Gasteiger partial charge in [-0.25, -0.2) is 9.18 Å². The van der Waals surface area contributed by atoms with Crippen LogP contribution in [-0.2, 0) is 11.3 Å². The molecule has 0 spiro atoms. The minimum absolute atomic E-state index is 0.0372. The first-order valence-corrected chi connectivity index (χ1v) is 9.99. The largest absolute Gasteiger partial charge is 0.371 e. The van der Waals surface area contributed by atoms with Crippen molar-refractivity contribution in [2.75, 3.05) is 24.5 Å². The van der Waals surface area contributed by atoms with Crippen molar-refractivity contribution in [2.24, 2.45) is 0 Å². The molecule has 2 atom stereocenters. The quantitative estimate of drug-likeness (QED) is 0.854. The van der Waals surface area contributed by atoms with Crippen LogP contribution < -0.4 is 15.5 Å². The van der Waals surface area contributed by atoms with E-state index in [1.54, 1.807) is 11.0 Å². The van der Waals surface area contributed by atoms with Crippen molar-refractivity contribution >= 4 is 17.6 Å². The van der Waals surface area contributed by atoms with Crippen molar-refractivity contribution < 1.29 is 14.0 Å². The summed E-state index contributed by atoms with van der Waals surface area (Å²) in [5, 5.41) is 5.87. The molecule has 2 heterocycles. The number of carbonyl (C=O) groups is 2. The average Bonchev–Trinajstić information content (AvgIpc) is 3.20. The lowest BCUT2D eigenvalue weighted by Crippen LogP contribution is -2.64. The fourth-order valence-electron chi connectivity index (χ4n) is 4.64. The molecule has 3 aliphatic rings. The van der Waals surface area contributed by atoms with Gasteiger partial charge in [0.05, 0.1) is 6.04 Å². The van der Waals surface area contributed by atoms with E-state index in [1.165, 1.54) is 6.07 Å². The standard InChI is InChI=1S/C20H27FN4O2/c21-15-6-5-9-17(24-10-3-4-11-24)14(15)12-22-20(27)25-13-19(26)23-16-7-1-2-8-18(16)25/h5-6,9,16,18H,1-4,7-8,10-13H2,(H,22,27)(H,23,26). The molecule has 3 fully saturated rings. The topological polar surface area (TPSA) is 64.7 Å². The normalized spacial score (nSPS) is 25.1. The van der Waals surface area contributed by atoms with E-state index in [0.717, 1.165) is 57.3 Å². The number of amides is 3. The number of nitrogens with zero attached hydrogens (tertiary/aromatic N) is 2. The highest BCUT2D eigenvalue weighted by Crippen LogP contribution is 2.28. The van der Waals surface area contributed by atoms with Gasteiger partial charge in [0.2, 0.25) is 5.91 Å². The molecule has 2 N–H and O–H groups in total. The van der Waals surface area contributed by atoms with Crippen molar-refractivity contribution in [2.45, 2.75) is 57.2 Å². The molecule has 1 saturated carbocycles. The molecule has 3 amide bonds. The number of urea groups is 1. The first-order valence-electron chi connectivity index (χ1n) is 9.99. The number of carbonyl (C=O) groups excluding carboxylic acids is 2. The Hall–Kier alpha value is -2.31. The van der Waals surface area contributed by atoms with Crippen LogP contribution in [0, 0.1) is 5.82 Å². The van der Waals surface area contributed by atoms with Crippen LogP contribution in [0.4, 0.5) is 14.9 Å². The lowest BCUT2D eigenvalue weighted by Gasteiger charge is -2.43. The van der Waals surface area contributed by atoms with Gasteiger partial charge in [-0.15, -0.1) is 0 Å². The third-order valence-corrected chi connectivity index (χ3v) is 6.01. The molecule has 2 saturated heterocycles. The Morgan fingerprint density at radius 3 is 2.78 bits per heavy atom. The predicted octanol–water partition coefficient (Wildman–Crippen LogP) is 2.38. The third-order valence-electron chi connectivity index (χ3n) is 6.01. The molecule has 2 unspecified atom stereocenters. The van der Waals surface area contributed by atoms with Gasteiger partial charge in [-0.05, 0) is 37.8 Å². The number of hydrogen-bond donors (Lipinski definition) is 2. The highest BCUT2D eigenvalue weighted by atomic mass is 19.1. The number of hydrogen-bond acceptors (Lipinski definition) is 3. The maximum absolute atomic E-state index is 14.5. The van der Waals surface area contributed by atoms with Gasteiger partial charge in [0.15, 0.2) is 0 Å². The Morgan fingerprint density at radius 1 is 1.19 bits per heavy atom. The Bertz CT molecular complexity index is 720. The molecule has 1 aromatic rings. The highest BCUT2D eigenvalue weighted by Gasteiger charge is 2.38. The van der Waals surface area contributed by atoms with Crippen LogP contribution in [0.3, 0.4) is 0 Å². The Labute approximate surface area is 159 Å². The summed E-state index contributed by atoms with van der Waals surface area (Å²) in [6.07, 6.45) is 6.16. The van der Waals surface area contributed by atoms with Crippen molar-refractivity contribution in [1.29, 1.82) is 0 Å². The van der Waals surface area contributed by atoms with E-state index in [1.807, 2.05) is 6.07 Å². The molecular weight excluding hydrogens is 347 g/mol. The highest BCUT2D eigenvalue weighted by molar-refractivity contribution is 5.86. The van der Waals surface area contributed by atoms with Crippen molar-refractivity contribution in [3.8, 4) is 0 Å². The molecule has 0 bridgehead atoms. The lowest BCUT2D eigenvalue weighted by molar-refractivity contribution is -0.126. The number of piperazine rings is 1. The summed E-state index contributed by atoms with van der Waals surface area (Å²) in [6, 6.07) is 4.87. The predicted molar refractivity (Wildman–Crippen MR) is 101 cm³/mol. The van der Waals surface area contributed by atoms with Crippen molar-refractivity contribution in [3.63, 3.8) is 0 Å². The number of rotatable bonds is 3. The summed E-state index contributed by atoms with van der Waals surface area (Å²) in [6.45, 7) is 2.04. The van der Waals surface area contributed by atoms with Crippen LogP contribution in [0.15, 0.2) is 18.2 Å². The summed E-state index contributed by atoms with van der Waals surface area (Å²) in [4.78, 5) is 28.6. The van der Waals surface area contributed by atoms with E-state index < -0.39 is 0 Å². The van der Waals surface area contributed by atoms with Crippen LogP contribution in [-0.4, -0.2) is 48.6 Å². The average molecular weight is 374 g/mol. The Kier molecular flexibility index (Phi) is 5.18. The van der Waals surface area contributed by atoms with Gasteiger partial charge in [-0.1, -0.05) is 18.9 Å². The van der Waals surface area contributed by atoms with Gasteiger partial charge in [-0.2, -0.15) is 0 Å². The van der Waals surface area contributed by atoms with E-state index in [4.69, 9.17) is 0 Å². The second-order valence-electron chi connectivity index (χ2n) is 7.74. The maximum atomic E-state index is 14.5. The fourth-order valence-corrected chi connectivity index (χ4v) is 4.64. The van der Waals surface area contributed by atoms with Gasteiger partial charge in [0.25, 0.3) is 0 Å². The Balaban J connectivity index is 1.47. The fraction of sp³-hybridized carbons (Fsp3) is 0.600. The summed E-state index contributed by atoms with van der Waals surface area (Å²) >= 11 is 0. The smallest absolute Gasteiger partial charge is 0.318 e. The molecule has 27 heavy (non-hydrogen) atoms.